The van der Waals surface area contributed by atoms with Gasteiger partial charge in [0, 0.05) is 0 Å². The molecule has 0 unspecified atom stereocenters. The second kappa shape index (κ2) is 6.15. The lowest BCUT2D eigenvalue weighted by atomic mass is 9.93. The fraction of sp³-hybridized carbons (Fsp3) is 0.667. The topological polar surface area (TPSA) is 9.23 Å². The molecule has 1 aromatic carbocycles. The quantitative estimate of drug-likeness (QED) is 0.719. The summed E-state index contributed by atoms with van der Waals surface area (Å²) in [7, 11) is 0. The minimum atomic E-state index is -0.132. The smallest absolute Gasteiger partial charge is 0.168 e. The Morgan fingerprint density at radius 1 is 1.05 bits per heavy atom. The van der Waals surface area contributed by atoms with Crippen molar-refractivity contribution in [3.05, 3.63) is 29.1 Å². The van der Waals surface area contributed by atoms with E-state index in [1.54, 1.807) is 0 Å². The number of hydrogen-bond acceptors (Lipinski definition) is 1. The van der Waals surface area contributed by atoms with Crippen molar-refractivity contribution in [1.29, 1.82) is 0 Å². The highest BCUT2D eigenvalue weighted by molar-refractivity contribution is 5.39. The van der Waals surface area contributed by atoms with E-state index in [4.69, 9.17) is 4.74 Å². The molecular weight excluding hydrogens is 251 g/mol. The first-order valence-corrected chi connectivity index (χ1v) is 8.17. The molecule has 2 aliphatic rings. The van der Waals surface area contributed by atoms with Crippen LogP contribution < -0.4 is 4.74 Å². The van der Waals surface area contributed by atoms with Gasteiger partial charge in [-0.3, -0.25) is 0 Å². The summed E-state index contributed by atoms with van der Waals surface area (Å²) in [5, 5.41) is 0. The van der Waals surface area contributed by atoms with Gasteiger partial charge in [0.05, 0.1) is 6.61 Å². The second-order valence-corrected chi connectivity index (χ2v) is 6.53. The maximum Gasteiger partial charge on any atom is 0.168 e. The van der Waals surface area contributed by atoms with Crippen LogP contribution in [0, 0.1) is 18.7 Å². The largest absolute Gasteiger partial charge is 0.490 e. The van der Waals surface area contributed by atoms with E-state index in [2.05, 4.69) is 6.07 Å². The third kappa shape index (κ3) is 2.84. The monoisotopic (exact) mass is 276 g/mol. The number of benzene rings is 1. The van der Waals surface area contributed by atoms with E-state index in [0.717, 1.165) is 5.56 Å². The molecule has 0 spiro atoms. The Labute approximate surface area is 121 Å². The van der Waals surface area contributed by atoms with E-state index in [1.165, 1.54) is 56.9 Å². The Hall–Kier alpha value is -1.05. The Balaban J connectivity index is 1.70. The molecule has 1 nitrogen and oxygen atoms in total. The van der Waals surface area contributed by atoms with Crippen LogP contribution in [-0.4, -0.2) is 6.61 Å². The molecule has 2 heteroatoms. The van der Waals surface area contributed by atoms with Gasteiger partial charge in [0.1, 0.15) is 0 Å². The number of ether oxygens (including phenoxy) is 1. The van der Waals surface area contributed by atoms with Gasteiger partial charge in [-0.2, -0.15) is 0 Å². The lowest BCUT2D eigenvalue weighted by Gasteiger charge is -2.17. The molecule has 0 aliphatic heterocycles. The average Bonchev–Trinajstić information content (AvgIpc) is 3.13. The van der Waals surface area contributed by atoms with Crippen LogP contribution >= 0.6 is 0 Å². The zero-order valence-corrected chi connectivity index (χ0v) is 12.5. The Morgan fingerprint density at radius 2 is 1.70 bits per heavy atom. The fourth-order valence-electron chi connectivity index (χ4n) is 3.85. The normalized spacial score (nSPS) is 20.7. The van der Waals surface area contributed by atoms with E-state index in [-0.39, 0.29) is 5.82 Å². The molecule has 20 heavy (non-hydrogen) atoms. The molecule has 0 heterocycles. The lowest BCUT2D eigenvalue weighted by Crippen LogP contribution is -2.10. The highest BCUT2D eigenvalue weighted by Gasteiger charge is 2.22. The summed E-state index contributed by atoms with van der Waals surface area (Å²) >= 11 is 0. The summed E-state index contributed by atoms with van der Waals surface area (Å²) in [4.78, 5) is 0. The van der Waals surface area contributed by atoms with Crippen LogP contribution in [0.5, 0.6) is 5.75 Å². The molecule has 0 bridgehead atoms. The molecule has 2 aliphatic carbocycles. The van der Waals surface area contributed by atoms with Crippen molar-refractivity contribution in [2.75, 3.05) is 6.61 Å². The first-order valence-electron chi connectivity index (χ1n) is 8.17. The molecule has 1 aromatic rings. The van der Waals surface area contributed by atoms with Gasteiger partial charge in [-0.15, -0.1) is 0 Å². The van der Waals surface area contributed by atoms with E-state index in [1.807, 2.05) is 13.0 Å². The number of halogens is 1. The predicted octanol–water partition coefficient (Wildman–Crippen LogP) is 5.36. The summed E-state index contributed by atoms with van der Waals surface area (Å²) in [5.41, 5.74) is 2.01. The van der Waals surface area contributed by atoms with Gasteiger partial charge in [0.25, 0.3) is 0 Å². The zero-order chi connectivity index (χ0) is 13.9. The van der Waals surface area contributed by atoms with Crippen molar-refractivity contribution in [2.24, 2.45) is 5.92 Å². The Morgan fingerprint density at radius 3 is 2.40 bits per heavy atom. The molecule has 3 rings (SSSR count). The van der Waals surface area contributed by atoms with Crippen LogP contribution in [0.1, 0.15) is 68.4 Å². The van der Waals surface area contributed by atoms with Crippen LogP contribution in [0.3, 0.4) is 0 Å². The van der Waals surface area contributed by atoms with Gasteiger partial charge in [-0.25, -0.2) is 4.39 Å². The summed E-state index contributed by atoms with van der Waals surface area (Å²) in [6.07, 6.45) is 10.1. The van der Waals surface area contributed by atoms with Crippen LogP contribution in [0.25, 0.3) is 0 Å². The van der Waals surface area contributed by atoms with Gasteiger partial charge in [-0.1, -0.05) is 31.7 Å². The summed E-state index contributed by atoms with van der Waals surface area (Å²) in [5.74, 6) is 1.51. The molecule has 0 atom stereocenters. The van der Waals surface area contributed by atoms with Crippen molar-refractivity contribution in [2.45, 2.75) is 64.2 Å². The molecule has 0 amide bonds. The minimum absolute atomic E-state index is 0.132. The molecule has 0 saturated heterocycles. The third-order valence-electron chi connectivity index (χ3n) is 5.14. The SMILES string of the molecule is Cc1c(C2CCCC2)ccc(OCC2CCCC2)c1F. The highest BCUT2D eigenvalue weighted by atomic mass is 19.1. The van der Waals surface area contributed by atoms with Crippen molar-refractivity contribution < 1.29 is 9.13 Å². The first-order chi connectivity index (χ1) is 9.75. The second-order valence-electron chi connectivity index (χ2n) is 6.53. The van der Waals surface area contributed by atoms with E-state index >= 15 is 0 Å². The number of hydrogen-bond donors (Lipinski definition) is 0. The predicted molar refractivity (Wildman–Crippen MR) is 79.8 cm³/mol. The molecule has 2 fully saturated rings. The summed E-state index contributed by atoms with van der Waals surface area (Å²) < 4.78 is 20.2. The summed E-state index contributed by atoms with van der Waals surface area (Å²) in [6, 6.07) is 3.95. The fourth-order valence-corrected chi connectivity index (χ4v) is 3.85. The lowest BCUT2D eigenvalue weighted by molar-refractivity contribution is 0.241. The van der Waals surface area contributed by atoms with Crippen LogP contribution in [0.4, 0.5) is 4.39 Å². The first kappa shape index (κ1) is 13.9. The number of rotatable bonds is 4. The van der Waals surface area contributed by atoms with Crippen molar-refractivity contribution in [3.8, 4) is 5.75 Å². The standard InChI is InChI=1S/C18H25FO/c1-13-16(15-8-4-5-9-15)10-11-17(18(13)19)20-12-14-6-2-3-7-14/h10-11,14-15H,2-9,12H2,1H3. The van der Waals surface area contributed by atoms with E-state index in [0.29, 0.717) is 24.2 Å². The highest BCUT2D eigenvalue weighted by Crippen LogP contribution is 2.38. The third-order valence-corrected chi connectivity index (χ3v) is 5.14. The van der Waals surface area contributed by atoms with Crippen molar-refractivity contribution >= 4 is 0 Å². The molecule has 0 aromatic heterocycles. The molecule has 2 saturated carbocycles. The Bertz CT molecular complexity index is 457. The maximum absolute atomic E-state index is 14.5. The molecular formula is C18H25FO. The van der Waals surface area contributed by atoms with Crippen LogP contribution in [0.15, 0.2) is 12.1 Å². The maximum atomic E-state index is 14.5. The van der Waals surface area contributed by atoms with Gasteiger partial charge in [0.15, 0.2) is 11.6 Å². The van der Waals surface area contributed by atoms with Gasteiger partial charge in [-0.05, 0) is 61.6 Å². The van der Waals surface area contributed by atoms with Gasteiger partial charge in [0.2, 0.25) is 0 Å². The molecule has 0 N–H and O–H groups in total. The van der Waals surface area contributed by atoms with E-state index < -0.39 is 0 Å². The van der Waals surface area contributed by atoms with Crippen LogP contribution in [0.2, 0.25) is 0 Å². The zero-order valence-electron chi connectivity index (χ0n) is 12.5. The summed E-state index contributed by atoms with van der Waals surface area (Å²) in [6.45, 7) is 2.59. The average molecular weight is 276 g/mol. The molecule has 110 valence electrons. The van der Waals surface area contributed by atoms with E-state index in [9.17, 15) is 4.39 Å². The Kier molecular flexibility index (Phi) is 4.28. The van der Waals surface area contributed by atoms with Crippen molar-refractivity contribution in [1.82, 2.24) is 0 Å². The minimum Gasteiger partial charge on any atom is -0.490 e. The van der Waals surface area contributed by atoms with Crippen LogP contribution in [-0.2, 0) is 0 Å². The van der Waals surface area contributed by atoms with Gasteiger partial charge >= 0.3 is 0 Å². The van der Waals surface area contributed by atoms with Crippen molar-refractivity contribution in [3.63, 3.8) is 0 Å². The molecule has 0 radical (unpaired) electrons. The van der Waals surface area contributed by atoms with Gasteiger partial charge < -0.3 is 4.74 Å².